The van der Waals surface area contributed by atoms with Crippen molar-refractivity contribution >= 4 is 33.4 Å². The number of nitrogens with one attached hydrogen (secondary N) is 2. The van der Waals surface area contributed by atoms with Crippen LogP contribution in [0.25, 0.3) is 0 Å². The Morgan fingerprint density at radius 3 is 2.62 bits per heavy atom. The van der Waals surface area contributed by atoms with Gasteiger partial charge in [-0.05, 0) is 36.6 Å². The first-order valence-electron chi connectivity index (χ1n) is 8.53. The van der Waals surface area contributed by atoms with E-state index in [1.807, 2.05) is 13.8 Å². The summed E-state index contributed by atoms with van der Waals surface area (Å²) < 4.78 is 26.9. The number of amides is 2. The Labute approximate surface area is 159 Å². The van der Waals surface area contributed by atoms with Gasteiger partial charge in [0.1, 0.15) is 6.04 Å². The van der Waals surface area contributed by atoms with Crippen molar-refractivity contribution < 1.29 is 18.0 Å². The van der Waals surface area contributed by atoms with Crippen molar-refractivity contribution in [2.24, 2.45) is 5.92 Å². The number of carbonyl (C=O) groups is 2. The molecule has 0 unspecified atom stereocenters. The molecule has 1 fully saturated rings. The third kappa shape index (κ3) is 5.18. The molecule has 7 nitrogen and oxygen atoms in total. The lowest BCUT2D eigenvalue weighted by atomic mass is 10.1. The molecule has 1 heterocycles. The fraction of sp³-hybridized carbons (Fsp3) is 0.529. The summed E-state index contributed by atoms with van der Waals surface area (Å²) >= 11 is 5.81. The van der Waals surface area contributed by atoms with Gasteiger partial charge in [-0.25, -0.2) is 8.42 Å². The van der Waals surface area contributed by atoms with Gasteiger partial charge >= 0.3 is 0 Å². The van der Waals surface area contributed by atoms with Crippen LogP contribution in [0.5, 0.6) is 0 Å². The Kier molecular flexibility index (Phi) is 7.02. The second-order valence-corrected chi connectivity index (χ2v) is 8.94. The van der Waals surface area contributed by atoms with Crippen LogP contribution in [0, 0.1) is 5.92 Å². The number of benzene rings is 1. The van der Waals surface area contributed by atoms with E-state index in [0.29, 0.717) is 17.5 Å². The van der Waals surface area contributed by atoms with E-state index in [1.54, 1.807) is 0 Å². The lowest BCUT2D eigenvalue weighted by Crippen LogP contribution is -2.58. The fourth-order valence-corrected chi connectivity index (χ4v) is 4.38. The van der Waals surface area contributed by atoms with Crippen LogP contribution in [0.2, 0.25) is 5.02 Å². The maximum Gasteiger partial charge on any atom is 0.243 e. The molecular weight excluding hydrogens is 378 g/mol. The lowest BCUT2D eigenvalue weighted by Gasteiger charge is -2.33. The zero-order valence-electron chi connectivity index (χ0n) is 14.9. The second kappa shape index (κ2) is 8.83. The third-order valence-corrected chi connectivity index (χ3v) is 6.30. The highest BCUT2D eigenvalue weighted by Gasteiger charge is 2.39. The molecule has 1 atom stereocenters. The molecule has 0 bridgehead atoms. The predicted octanol–water partition coefficient (Wildman–Crippen LogP) is 1.38. The van der Waals surface area contributed by atoms with Crippen molar-refractivity contribution in [3.05, 3.63) is 29.3 Å². The molecule has 1 saturated heterocycles. The van der Waals surface area contributed by atoms with Gasteiger partial charge in [0.2, 0.25) is 21.8 Å². The van der Waals surface area contributed by atoms with Crippen LogP contribution in [0.3, 0.4) is 0 Å². The number of nitrogens with zero attached hydrogens (tertiary/aromatic N) is 1. The molecular formula is C17H24ClN3O4S. The van der Waals surface area contributed by atoms with Gasteiger partial charge < -0.3 is 10.6 Å². The molecule has 0 spiro atoms. The largest absolute Gasteiger partial charge is 0.356 e. The first-order chi connectivity index (χ1) is 12.2. The van der Waals surface area contributed by atoms with E-state index >= 15 is 0 Å². The van der Waals surface area contributed by atoms with Gasteiger partial charge in [-0.15, -0.1) is 0 Å². The molecule has 9 heteroatoms. The highest BCUT2D eigenvalue weighted by molar-refractivity contribution is 7.89. The molecule has 0 aliphatic carbocycles. The monoisotopic (exact) mass is 401 g/mol. The summed E-state index contributed by atoms with van der Waals surface area (Å²) in [6.45, 7) is 4.90. The van der Waals surface area contributed by atoms with E-state index in [0.717, 1.165) is 10.7 Å². The van der Waals surface area contributed by atoms with Crippen molar-refractivity contribution in [3.8, 4) is 0 Å². The molecule has 1 aliphatic rings. The first kappa shape index (κ1) is 20.7. The molecule has 2 amide bonds. The molecule has 1 aromatic rings. The van der Waals surface area contributed by atoms with Crippen molar-refractivity contribution in [2.45, 2.75) is 37.6 Å². The third-order valence-electron chi connectivity index (χ3n) is 4.12. The van der Waals surface area contributed by atoms with Gasteiger partial charge in [0.05, 0.1) is 11.3 Å². The van der Waals surface area contributed by atoms with Gasteiger partial charge in [0.15, 0.2) is 0 Å². The van der Waals surface area contributed by atoms with E-state index in [-0.39, 0.29) is 30.3 Å². The Hall–Kier alpha value is -1.64. The number of rotatable bonds is 7. The van der Waals surface area contributed by atoms with E-state index in [2.05, 4.69) is 10.6 Å². The molecule has 1 aliphatic heterocycles. The second-order valence-electron chi connectivity index (χ2n) is 6.61. The van der Waals surface area contributed by atoms with Crippen molar-refractivity contribution in [2.75, 3.05) is 19.6 Å². The van der Waals surface area contributed by atoms with Gasteiger partial charge in [-0.2, -0.15) is 4.31 Å². The fourth-order valence-electron chi connectivity index (χ4n) is 2.67. The maximum absolute atomic E-state index is 12.9. The van der Waals surface area contributed by atoms with Gasteiger partial charge in [0, 0.05) is 24.7 Å². The van der Waals surface area contributed by atoms with Gasteiger partial charge in [-0.1, -0.05) is 25.4 Å². The summed E-state index contributed by atoms with van der Waals surface area (Å²) in [4.78, 5) is 24.4. The topological polar surface area (TPSA) is 95.6 Å². The van der Waals surface area contributed by atoms with Crippen LogP contribution in [0.1, 0.15) is 26.7 Å². The van der Waals surface area contributed by atoms with Crippen LogP contribution in [-0.4, -0.2) is 50.2 Å². The molecule has 2 N–H and O–H groups in total. The highest BCUT2D eigenvalue weighted by Crippen LogP contribution is 2.23. The summed E-state index contributed by atoms with van der Waals surface area (Å²) in [5.41, 5.74) is 0. The summed E-state index contributed by atoms with van der Waals surface area (Å²) in [7, 11) is -3.91. The molecule has 2 rings (SSSR count). The van der Waals surface area contributed by atoms with Gasteiger partial charge in [-0.3, -0.25) is 9.59 Å². The smallest absolute Gasteiger partial charge is 0.243 e. The molecule has 1 aromatic carbocycles. The minimum atomic E-state index is -3.91. The summed E-state index contributed by atoms with van der Waals surface area (Å²) in [5.74, 6) is -0.369. The van der Waals surface area contributed by atoms with E-state index in [4.69, 9.17) is 11.6 Å². The number of hydrogen-bond acceptors (Lipinski definition) is 4. The summed E-state index contributed by atoms with van der Waals surface area (Å²) in [6.07, 6.45) is 0.603. The van der Waals surface area contributed by atoms with Gasteiger partial charge in [0.25, 0.3) is 0 Å². The minimum absolute atomic E-state index is 0.0433. The summed E-state index contributed by atoms with van der Waals surface area (Å²) in [6, 6.07) is 4.68. The number of piperazine rings is 1. The average molecular weight is 402 g/mol. The molecule has 26 heavy (non-hydrogen) atoms. The van der Waals surface area contributed by atoms with E-state index < -0.39 is 22.0 Å². The number of halogens is 1. The normalized spacial score (nSPS) is 18.6. The van der Waals surface area contributed by atoms with Crippen LogP contribution in [0.4, 0.5) is 0 Å². The standard InChI is InChI=1S/C17H24ClN3O4S/c1-12(2)7-8-19-16(22)11-15-17(23)20-9-10-21(15)26(24,25)14-5-3-13(18)4-6-14/h3-6,12,15H,7-11H2,1-2H3,(H,19,22)(H,20,23)/t15-/m1/s1. The Bertz CT molecular complexity index is 750. The maximum atomic E-state index is 12.9. The van der Waals surface area contributed by atoms with Crippen LogP contribution in [-0.2, 0) is 19.6 Å². The summed E-state index contributed by atoms with van der Waals surface area (Å²) in [5, 5.41) is 5.79. The van der Waals surface area contributed by atoms with E-state index in [9.17, 15) is 18.0 Å². The van der Waals surface area contributed by atoms with E-state index in [1.165, 1.54) is 24.3 Å². The number of hydrogen-bond donors (Lipinski definition) is 2. The van der Waals surface area contributed by atoms with Crippen molar-refractivity contribution in [3.63, 3.8) is 0 Å². The van der Waals surface area contributed by atoms with Crippen LogP contribution in [0.15, 0.2) is 29.2 Å². The molecule has 0 aromatic heterocycles. The van der Waals surface area contributed by atoms with Crippen molar-refractivity contribution in [1.29, 1.82) is 0 Å². The van der Waals surface area contributed by atoms with Crippen LogP contribution < -0.4 is 10.6 Å². The molecule has 0 radical (unpaired) electrons. The Morgan fingerprint density at radius 1 is 1.35 bits per heavy atom. The predicted molar refractivity (Wildman–Crippen MR) is 99.2 cm³/mol. The zero-order valence-corrected chi connectivity index (χ0v) is 16.4. The zero-order chi connectivity index (χ0) is 19.3. The van der Waals surface area contributed by atoms with Crippen LogP contribution >= 0.6 is 11.6 Å². The molecule has 144 valence electrons. The quantitative estimate of drug-likeness (QED) is 0.721. The SMILES string of the molecule is CC(C)CCNC(=O)C[C@@H]1C(=O)NCCN1S(=O)(=O)c1ccc(Cl)cc1. The molecule has 0 saturated carbocycles. The Morgan fingerprint density at radius 2 is 2.00 bits per heavy atom. The highest BCUT2D eigenvalue weighted by atomic mass is 35.5. The first-order valence-corrected chi connectivity index (χ1v) is 10.4. The Balaban J connectivity index is 2.15. The minimum Gasteiger partial charge on any atom is -0.356 e. The lowest BCUT2D eigenvalue weighted by molar-refractivity contribution is -0.131. The van der Waals surface area contributed by atoms with Crippen molar-refractivity contribution in [1.82, 2.24) is 14.9 Å². The average Bonchev–Trinajstić information content (AvgIpc) is 2.56. The number of carbonyl (C=O) groups excluding carboxylic acids is 2. The number of sulfonamides is 1.